The second-order valence-corrected chi connectivity index (χ2v) is 4.76. The van der Waals surface area contributed by atoms with Crippen LogP contribution in [0.4, 0.5) is 0 Å². The van der Waals surface area contributed by atoms with E-state index < -0.39 is 0 Å². The third-order valence-electron chi connectivity index (χ3n) is 0. The van der Waals surface area contributed by atoms with E-state index in [4.69, 9.17) is 23.2 Å². The Morgan fingerprint density at radius 1 is 1.12 bits per heavy atom. The van der Waals surface area contributed by atoms with Gasteiger partial charge in [0, 0.05) is 0 Å². The molecule has 0 N–H and O–H groups in total. The zero-order valence-corrected chi connectivity index (χ0v) is 8.61. The van der Waals surface area contributed by atoms with Crippen LogP contribution in [0.1, 0.15) is 0 Å². The van der Waals surface area contributed by atoms with Gasteiger partial charge in [-0.15, -0.1) is 0 Å². The lowest BCUT2D eigenvalue weighted by molar-refractivity contribution is 2.45. The van der Waals surface area contributed by atoms with Crippen LogP contribution in [0.2, 0.25) is 0 Å². The summed E-state index contributed by atoms with van der Waals surface area (Å²) in [4.78, 5) is 0. The van der Waals surface area contributed by atoms with Gasteiger partial charge >= 0.3 is 0 Å². The lowest BCUT2D eigenvalue weighted by Gasteiger charge is -1.58. The standard InChI is InChI=1S/C2H2Br2.C2H2Cl2/c2*1-2(3)4/h2*1H2. The molecule has 0 saturated heterocycles. The molecule has 0 aliphatic heterocycles. The molecule has 0 aromatic carbocycles. The molecule has 4 heteroatoms. The molecule has 48 valence electrons. The Morgan fingerprint density at radius 2 is 1.12 bits per heavy atom. The first kappa shape index (κ1) is 11.8. The van der Waals surface area contributed by atoms with Crippen molar-refractivity contribution in [3.8, 4) is 0 Å². The minimum atomic E-state index is 0.111. The number of halogens is 4. The summed E-state index contributed by atoms with van der Waals surface area (Å²) in [5.41, 5.74) is 0. The van der Waals surface area contributed by atoms with Crippen molar-refractivity contribution in [2.45, 2.75) is 0 Å². The largest absolute Gasteiger partial charge is 0.0992 e. The fraction of sp³-hybridized carbons (Fsp3) is 0. The van der Waals surface area contributed by atoms with E-state index in [0.29, 0.717) is 0 Å². The van der Waals surface area contributed by atoms with Gasteiger partial charge in [-0.3, -0.25) is 0 Å². The predicted octanol–water partition coefficient (Wildman–Crippen LogP) is 4.18. The van der Waals surface area contributed by atoms with Crippen LogP contribution in [0, 0.1) is 0 Å². The maximum Gasteiger partial charge on any atom is 0.0992 e. The molecule has 0 nitrogen and oxygen atoms in total. The highest BCUT2D eigenvalue weighted by atomic mass is 79.9. The summed E-state index contributed by atoms with van der Waals surface area (Å²) >= 11 is 15.7. The van der Waals surface area contributed by atoms with Crippen molar-refractivity contribution >= 4 is 55.1 Å². The van der Waals surface area contributed by atoms with E-state index in [-0.39, 0.29) is 4.49 Å². The predicted molar refractivity (Wildman–Crippen MR) is 47.8 cm³/mol. The first-order valence-corrected chi connectivity index (χ1v) is 3.80. The van der Waals surface area contributed by atoms with Crippen molar-refractivity contribution in [2.75, 3.05) is 0 Å². The summed E-state index contributed by atoms with van der Waals surface area (Å²) in [6.45, 7) is 6.48. The third-order valence-corrected chi connectivity index (χ3v) is 0. The molecular formula is C4H4Br2Cl2. The van der Waals surface area contributed by atoms with Crippen LogP contribution in [0.3, 0.4) is 0 Å². The van der Waals surface area contributed by atoms with Crippen molar-refractivity contribution < 1.29 is 0 Å². The Morgan fingerprint density at radius 3 is 1.12 bits per heavy atom. The van der Waals surface area contributed by atoms with Crippen LogP contribution < -0.4 is 0 Å². The quantitative estimate of drug-likeness (QED) is 0.625. The average Bonchev–Trinajstić information content (AvgIpc) is 1.25. The van der Waals surface area contributed by atoms with Gasteiger partial charge in [0.2, 0.25) is 0 Å². The Labute approximate surface area is 75.8 Å². The SMILES string of the molecule is C=C(Br)Br.C=C(Cl)Cl. The van der Waals surface area contributed by atoms with Gasteiger partial charge in [-0.25, -0.2) is 0 Å². The zero-order valence-electron chi connectivity index (χ0n) is 3.93. The van der Waals surface area contributed by atoms with E-state index in [1.807, 2.05) is 0 Å². The minimum absolute atomic E-state index is 0.111. The highest BCUT2D eigenvalue weighted by Crippen LogP contribution is 2.06. The second kappa shape index (κ2) is 8.02. The molecule has 0 heterocycles. The second-order valence-electron chi connectivity index (χ2n) is 0.677. The highest BCUT2D eigenvalue weighted by molar-refractivity contribution is 9.28. The van der Waals surface area contributed by atoms with Crippen molar-refractivity contribution in [2.24, 2.45) is 0 Å². The molecule has 0 atom stereocenters. The van der Waals surface area contributed by atoms with Gasteiger partial charge in [0.1, 0.15) is 0 Å². The van der Waals surface area contributed by atoms with Gasteiger partial charge in [-0.1, -0.05) is 36.4 Å². The van der Waals surface area contributed by atoms with Crippen LogP contribution in [0.25, 0.3) is 0 Å². The first-order valence-electron chi connectivity index (χ1n) is 1.46. The highest BCUT2D eigenvalue weighted by Gasteiger charge is 1.60. The van der Waals surface area contributed by atoms with Crippen molar-refractivity contribution in [1.82, 2.24) is 0 Å². The number of rotatable bonds is 0. The molecule has 0 fully saturated rings. The van der Waals surface area contributed by atoms with E-state index in [0.717, 1.165) is 3.39 Å². The molecular weight excluding hydrogens is 279 g/mol. The van der Waals surface area contributed by atoms with Gasteiger partial charge in [0.05, 0.1) is 7.88 Å². The molecule has 0 aromatic rings. The summed E-state index contributed by atoms with van der Waals surface area (Å²) in [6.07, 6.45) is 0. The molecule has 0 spiro atoms. The fourth-order valence-electron chi connectivity index (χ4n) is 0. The molecule has 0 amide bonds. The summed E-state index contributed by atoms with van der Waals surface area (Å²) in [6, 6.07) is 0. The zero-order chi connectivity index (χ0) is 7.15. The van der Waals surface area contributed by atoms with Crippen LogP contribution >= 0.6 is 55.1 Å². The smallest absolute Gasteiger partial charge is 0.0777 e. The number of hydrogen-bond acceptors (Lipinski definition) is 0. The van der Waals surface area contributed by atoms with E-state index >= 15 is 0 Å². The maximum absolute atomic E-state index is 4.85. The third kappa shape index (κ3) is 245. The first-order chi connectivity index (χ1) is 3.46. The molecule has 0 aliphatic rings. The lowest BCUT2D eigenvalue weighted by Crippen LogP contribution is -1.24. The molecule has 0 bridgehead atoms. The Bertz CT molecular complexity index is 70.0. The molecule has 0 saturated carbocycles. The lowest BCUT2D eigenvalue weighted by atomic mass is 11.3. The minimum Gasteiger partial charge on any atom is -0.0777 e. The van der Waals surface area contributed by atoms with Crippen LogP contribution in [-0.2, 0) is 0 Å². The summed E-state index contributed by atoms with van der Waals surface area (Å²) in [7, 11) is 0. The summed E-state index contributed by atoms with van der Waals surface area (Å²) < 4.78 is 0.903. The van der Waals surface area contributed by atoms with Gasteiger partial charge in [-0.2, -0.15) is 0 Å². The fourth-order valence-corrected chi connectivity index (χ4v) is 0. The van der Waals surface area contributed by atoms with Crippen molar-refractivity contribution in [3.05, 3.63) is 21.0 Å². The van der Waals surface area contributed by atoms with Gasteiger partial charge in [0.15, 0.2) is 0 Å². The molecule has 0 aliphatic carbocycles. The monoisotopic (exact) mass is 280 g/mol. The topological polar surface area (TPSA) is 0 Å². The Balaban J connectivity index is 0. The molecule has 8 heavy (non-hydrogen) atoms. The Hall–Kier alpha value is 1.02. The molecule has 0 unspecified atom stereocenters. The molecule has 0 radical (unpaired) electrons. The van der Waals surface area contributed by atoms with E-state index in [1.165, 1.54) is 0 Å². The number of hydrogen-bond donors (Lipinski definition) is 0. The van der Waals surface area contributed by atoms with Crippen LogP contribution in [-0.4, -0.2) is 0 Å². The van der Waals surface area contributed by atoms with Crippen LogP contribution in [0.15, 0.2) is 21.0 Å². The van der Waals surface area contributed by atoms with E-state index in [2.05, 4.69) is 45.0 Å². The van der Waals surface area contributed by atoms with E-state index in [1.54, 1.807) is 0 Å². The van der Waals surface area contributed by atoms with Gasteiger partial charge in [-0.05, 0) is 31.9 Å². The normalized spacial score (nSPS) is 6.50. The Kier molecular flexibility index (Phi) is 11.8. The molecule has 0 rings (SSSR count). The van der Waals surface area contributed by atoms with Gasteiger partial charge < -0.3 is 0 Å². The molecule has 0 aromatic heterocycles. The summed E-state index contributed by atoms with van der Waals surface area (Å²) in [5, 5.41) is 0. The van der Waals surface area contributed by atoms with E-state index in [9.17, 15) is 0 Å². The van der Waals surface area contributed by atoms with Crippen molar-refractivity contribution in [3.63, 3.8) is 0 Å². The van der Waals surface area contributed by atoms with Crippen LogP contribution in [0.5, 0.6) is 0 Å². The maximum atomic E-state index is 4.85. The average molecular weight is 283 g/mol. The van der Waals surface area contributed by atoms with Crippen molar-refractivity contribution in [1.29, 1.82) is 0 Å². The summed E-state index contributed by atoms with van der Waals surface area (Å²) in [5.74, 6) is 0. The van der Waals surface area contributed by atoms with Gasteiger partial charge in [0.25, 0.3) is 0 Å².